The third kappa shape index (κ3) is 3.43. The molecule has 0 aliphatic carbocycles. The zero-order chi connectivity index (χ0) is 9.72. The SMILES string of the molecule is CC(=O)C(N)CC(CF)C(=O)O. The summed E-state index contributed by atoms with van der Waals surface area (Å²) in [7, 11) is 0. The fourth-order valence-electron chi connectivity index (χ4n) is 0.702. The highest BCUT2D eigenvalue weighted by molar-refractivity contribution is 5.82. The Bertz CT molecular complexity index is 183. The van der Waals surface area contributed by atoms with E-state index in [-0.39, 0.29) is 12.2 Å². The molecule has 5 heteroatoms. The van der Waals surface area contributed by atoms with Gasteiger partial charge in [0.2, 0.25) is 0 Å². The average molecular weight is 177 g/mol. The van der Waals surface area contributed by atoms with Crippen molar-refractivity contribution in [3.63, 3.8) is 0 Å². The summed E-state index contributed by atoms with van der Waals surface area (Å²) in [6, 6.07) is -0.873. The maximum absolute atomic E-state index is 12.0. The number of hydrogen-bond acceptors (Lipinski definition) is 3. The van der Waals surface area contributed by atoms with Crippen LogP contribution in [0, 0.1) is 5.92 Å². The van der Waals surface area contributed by atoms with Crippen LogP contribution < -0.4 is 5.73 Å². The molecule has 0 aliphatic heterocycles. The average Bonchev–Trinajstić information content (AvgIpc) is 1.98. The molecule has 0 saturated carbocycles. The second-order valence-electron chi connectivity index (χ2n) is 2.64. The Morgan fingerprint density at radius 1 is 1.58 bits per heavy atom. The molecular weight excluding hydrogens is 165 g/mol. The van der Waals surface area contributed by atoms with Gasteiger partial charge in [-0.15, -0.1) is 0 Å². The van der Waals surface area contributed by atoms with Crippen molar-refractivity contribution in [2.75, 3.05) is 6.67 Å². The molecule has 4 nitrogen and oxygen atoms in total. The maximum Gasteiger partial charge on any atom is 0.309 e. The molecule has 0 aromatic rings. The van der Waals surface area contributed by atoms with E-state index in [1.165, 1.54) is 6.92 Å². The first-order valence-corrected chi connectivity index (χ1v) is 3.53. The number of carbonyl (C=O) groups is 2. The lowest BCUT2D eigenvalue weighted by molar-refractivity contribution is -0.142. The van der Waals surface area contributed by atoms with Gasteiger partial charge in [0.25, 0.3) is 0 Å². The van der Waals surface area contributed by atoms with Crippen LogP contribution >= 0.6 is 0 Å². The van der Waals surface area contributed by atoms with E-state index in [9.17, 15) is 14.0 Å². The van der Waals surface area contributed by atoms with Gasteiger partial charge in [0.15, 0.2) is 0 Å². The minimum Gasteiger partial charge on any atom is -0.481 e. The van der Waals surface area contributed by atoms with Crippen molar-refractivity contribution in [3.8, 4) is 0 Å². The molecule has 2 unspecified atom stereocenters. The Morgan fingerprint density at radius 3 is 2.33 bits per heavy atom. The topological polar surface area (TPSA) is 80.4 Å². The molecule has 0 saturated heterocycles. The van der Waals surface area contributed by atoms with Gasteiger partial charge in [0.05, 0.1) is 12.0 Å². The molecular formula is C7H12FNO3. The summed E-state index contributed by atoms with van der Waals surface area (Å²) in [5, 5.41) is 8.40. The fourth-order valence-corrected chi connectivity index (χ4v) is 0.702. The van der Waals surface area contributed by atoms with E-state index in [0.717, 1.165) is 0 Å². The second kappa shape index (κ2) is 4.82. The van der Waals surface area contributed by atoms with E-state index in [4.69, 9.17) is 10.8 Å². The van der Waals surface area contributed by atoms with Crippen molar-refractivity contribution in [1.82, 2.24) is 0 Å². The summed E-state index contributed by atoms with van der Waals surface area (Å²) in [5.74, 6) is -2.74. The van der Waals surface area contributed by atoms with Crippen LogP contribution in [0.15, 0.2) is 0 Å². The van der Waals surface area contributed by atoms with Crippen LogP contribution in [0.5, 0.6) is 0 Å². The number of aliphatic carboxylic acids is 1. The number of halogens is 1. The first-order chi connectivity index (χ1) is 5.49. The second-order valence-corrected chi connectivity index (χ2v) is 2.64. The number of rotatable bonds is 5. The Hall–Kier alpha value is -0.970. The van der Waals surface area contributed by atoms with Crippen LogP contribution in [-0.4, -0.2) is 29.6 Å². The summed E-state index contributed by atoms with van der Waals surface area (Å²) >= 11 is 0. The third-order valence-corrected chi connectivity index (χ3v) is 1.60. The standard InChI is InChI=1S/C7H12FNO3/c1-4(10)6(9)2-5(3-8)7(11)12/h5-6H,2-3,9H2,1H3,(H,11,12). The Morgan fingerprint density at radius 2 is 2.08 bits per heavy atom. The first-order valence-electron chi connectivity index (χ1n) is 3.53. The first kappa shape index (κ1) is 11.0. The number of ketones is 1. The number of carboxylic acid groups (broad SMARTS) is 1. The Kier molecular flexibility index (Phi) is 4.43. The summed E-state index contributed by atoms with van der Waals surface area (Å²) in [6.45, 7) is 0.262. The molecule has 0 fully saturated rings. The van der Waals surface area contributed by atoms with E-state index in [2.05, 4.69) is 0 Å². The normalized spacial score (nSPS) is 15.2. The minimum atomic E-state index is -1.26. The van der Waals surface area contributed by atoms with Crippen molar-refractivity contribution in [3.05, 3.63) is 0 Å². The van der Waals surface area contributed by atoms with Crippen LogP contribution in [0.4, 0.5) is 4.39 Å². The largest absolute Gasteiger partial charge is 0.481 e. The number of carbonyl (C=O) groups excluding carboxylic acids is 1. The van der Waals surface area contributed by atoms with Crippen molar-refractivity contribution >= 4 is 11.8 Å². The van der Waals surface area contributed by atoms with Gasteiger partial charge in [-0.05, 0) is 13.3 Å². The lowest BCUT2D eigenvalue weighted by Crippen LogP contribution is -2.33. The van der Waals surface area contributed by atoms with E-state index >= 15 is 0 Å². The summed E-state index contributed by atoms with van der Waals surface area (Å²) in [4.78, 5) is 20.9. The highest BCUT2D eigenvalue weighted by Crippen LogP contribution is 2.07. The van der Waals surface area contributed by atoms with Gasteiger partial charge in [-0.25, -0.2) is 0 Å². The number of nitrogens with two attached hydrogens (primary N) is 1. The summed E-state index contributed by atoms with van der Waals surface area (Å²) in [5.41, 5.74) is 5.25. The molecule has 12 heavy (non-hydrogen) atoms. The molecule has 2 atom stereocenters. The predicted molar refractivity (Wildman–Crippen MR) is 40.4 cm³/mol. The van der Waals surface area contributed by atoms with Crippen molar-refractivity contribution in [2.24, 2.45) is 11.7 Å². The maximum atomic E-state index is 12.0. The van der Waals surface area contributed by atoms with E-state index in [1.807, 2.05) is 0 Å². The van der Waals surface area contributed by atoms with E-state index < -0.39 is 24.6 Å². The van der Waals surface area contributed by atoms with Crippen molar-refractivity contribution < 1.29 is 19.1 Å². The van der Waals surface area contributed by atoms with Gasteiger partial charge in [0, 0.05) is 0 Å². The van der Waals surface area contributed by atoms with Crippen LogP contribution in [0.25, 0.3) is 0 Å². The molecule has 0 aromatic carbocycles. The van der Waals surface area contributed by atoms with Crippen LogP contribution in [0.3, 0.4) is 0 Å². The molecule has 0 aromatic heterocycles. The zero-order valence-electron chi connectivity index (χ0n) is 6.79. The lowest BCUT2D eigenvalue weighted by atomic mass is 10.00. The van der Waals surface area contributed by atoms with Gasteiger partial charge in [-0.2, -0.15) is 0 Å². The number of Topliss-reactive ketones (excluding diaryl/α,β-unsaturated/α-hetero) is 1. The fraction of sp³-hybridized carbons (Fsp3) is 0.714. The van der Waals surface area contributed by atoms with Crippen LogP contribution in [-0.2, 0) is 9.59 Å². The van der Waals surface area contributed by atoms with Gasteiger partial charge in [0.1, 0.15) is 12.5 Å². The molecule has 0 spiro atoms. The molecule has 0 bridgehead atoms. The summed E-state index contributed by atoms with van der Waals surface area (Å²) < 4.78 is 12.0. The van der Waals surface area contributed by atoms with Crippen molar-refractivity contribution in [2.45, 2.75) is 19.4 Å². The molecule has 0 rings (SSSR count). The highest BCUT2D eigenvalue weighted by atomic mass is 19.1. The molecule has 3 N–H and O–H groups in total. The number of carboxylic acids is 1. The van der Waals surface area contributed by atoms with Crippen molar-refractivity contribution in [1.29, 1.82) is 0 Å². The summed E-state index contributed by atoms with van der Waals surface area (Å²) in [6.07, 6.45) is -0.138. The minimum absolute atomic E-state index is 0.138. The molecule has 0 radical (unpaired) electrons. The van der Waals surface area contributed by atoms with Gasteiger partial charge in [-0.1, -0.05) is 0 Å². The highest BCUT2D eigenvalue weighted by Gasteiger charge is 2.22. The van der Waals surface area contributed by atoms with Gasteiger partial charge >= 0.3 is 5.97 Å². The molecule has 70 valence electrons. The van der Waals surface area contributed by atoms with Gasteiger partial charge < -0.3 is 10.8 Å². The Labute approximate surface area is 69.6 Å². The monoisotopic (exact) mass is 177 g/mol. The van der Waals surface area contributed by atoms with Crippen LogP contribution in [0.1, 0.15) is 13.3 Å². The zero-order valence-corrected chi connectivity index (χ0v) is 6.79. The predicted octanol–water partition coefficient (Wildman–Crippen LogP) is -0.0369. The van der Waals surface area contributed by atoms with E-state index in [1.54, 1.807) is 0 Å². The molecule has 0 heterocycles. The quantitative estimate of drug-likeness (QED) is 0.617. The molecule has 0 amide bonds. The van der Waals surface area contributed by atoms with E-state index in [0.29, 0.717) is 0 Å². The number of alkyl halides is 1. The van der Waals surface area contributed by atoms with Gasteiger partial charge in [-0.3, -0.25) is 14.0 Å². The smallest absolute Gasteiger partial charge is 0.309 e. The van der Waals surface area contributed by atoms with Crippen LogP contribution in [0.2, 0.25) is 0 Å². The number of hydrogen-bond donors (Lipinski definition) is 2. The Balaban J connectivity index is 4.02. The third-order valence-electron chi connectivity index (χ3n) is 1.60. The lowest BCUT2D eigenvalue weighted by Gasteiger charge is -2.11. The molecule has 0 aliphatic rings.